The number of nitro groups is 1. The molecular weight excluding hydrogens is 480 g/mol. The van der Waals surface area contributed by atoms with Crippen LogP contribution in [0.25, 0.3) is 0 Å². The number of ether oxygens (including phenoxy) is 2. The molecular formula is C22H24N4O8S. The molecule has 3 rings (SSSR count). The Hall–Kier alpha value is -4.00. The van der Waals surface area contributed by atoms with Gasteiger partial charge in [-0.15, -0.1) is 0 Å². The summed E-state index contributed by atoms with van der Waals surface area (Å²) in [7, 11) is -2.64. The van der Waals surface area contributed by atoms with Crippen molar-refractivity contribution in [3.63, 3.8) is 0 Å². The molecule has 1 heterocycles. The molecule has 0 radical (unpaired) electrons. The Kier molecular flexibility index (Phi) is 8.36. The summed E-state index contributed by atoms with van der Waals surface area (Å²) in [6.45, 7) is -0.124. The van der Waals surface area contributed by atoms with Gasteiger partial charge in [0, 0.05) is 24.7 Å². The lowest BCUT2D eigenvalue weighted by Gasteiger charge is -2.11. The summed E-state index contributed by atoms with van der Waals surface area (Å²) in [6, 6.07) is 9.09. The Balaban J connectivity index is 1.61. The smallest absolute Gasteiger partial charge is 0.338 e. The summed E-state index contributed by atoms with van der Waals surface area (Å²) in [6.07, 6.45) is 3.28. The Bertz CT molecular complexity index is 1260. The predicted molar refractivity (Wildman–Crippen MR) is 126 cm³/mol. The fourth-order valence-corrected chi connectivity index (χ4v) is 4.42. The number of nitro benzene ring substituents is 1. The molecule has 1 aliphatic rings. The van der Waals surface area contributed by atoms with Gasteiger partial charge in [0.15, 0.2) is 12.4 Å². The highest BCUT2D eigenvalue weighted by Crippen LogP contribution is 2.27. The van der Waals surface area contributed by atoms with Gasteiger partial charge in [-0.1, -0.05) is 12.5 Å². The number of nitrogens with zero attached hydrogens (tertiary/aromatic N) is 2. The van der Waals surface area contributed by atoms with Crippen molar-refractivity contribution in [3.8, 4) is 5.75 Å². The number of rotatable bonds is 8. The van der Waals surface area contributed by atoms with Gasteiger partial charge in [0.05, 0.1) is 22.5 Å². The minimum absolute atomic E-state index is 0.0280. The number of hydrogen-bond donors (Lipinski definition) is 2. The number of esters is 1. The van der Waals surface area contributed by atoms with Crippen molar-refractivity contribution < 1.29 is 32.4 Å². The number of carbonyl (C=O) groups excluding carboxylic acids is 2. The number of carbonyl (C=O) groups is 2. The number of amidine groups is 1. The van der Waals surface area contributed by atoms with Crippen LogP contribution in [0, 0.1) is 10.1 Å². The van der Waals surface area contributed by atoms with Crippen LogP contribution in [0.15, 0.2) is 52.4 Å². The number of aliphatic imine (C=N–C) groups is 1. The van der Waals surface area contributed by atoms with E-state index in [0.717, 1.165) is 25.3 Å². The van der Waals surface area contributed by atoms with Crippen LogP contribution in [0.4, 0.5) is 11.4 Å². The monoisotopic (exact) mass is 504 g/mol. The van der Waals surface area contributed by atoms with Crippen molar-refractivity contribution in [2.45, 2.75) is 30.6 Å². The molecule has 0 atom stereocenters. The second-order valence-electron chi connectivity index (χ2n) is 7.54. The first-order chi connectivity index (χ1) is 16.7. The molecule has 1 amide bonds. The fourth-order valence-electron chi connectivity index (χ4n) is 3.28. The third-order valence-electron chi connectivity index (χ3n) is 5.00. The average molecular weight is 505 g/mol. The van der Waals surface area contributed by atoms with E-state index in [9.17, 15) is 28.1 Å². The van der Waals surface area contributed by atoms with Crippen LogP contribution >= 0.6 is 0 Å². The molecule has 2 aromatic carbocycles. The topological polar surface area (TPSA) is 166 Å². The van der Waals surface area contributed by atoms with E-state index in [1.807, 2.05) is 0 Å². The molecule has 2 aromatic rings. The normalized spacial score (nSPS) is 13.7. The number of amides is 1. The van der Waals surface area contributed by atoms with Crippen molar-refractivity contribution >= 4 is 39.1 Å². The van der Waals surface area contributed by atoms with E-state index in [4.69, 9.17) is 9.47 Å². The number of methoxy groups -OCH3 is 1. The number of benzene rings is 2. The number of sulfonamides is 1. The van der Waals surface area contributed by atoms with Gasteiger partial charge in [0.2, 0.25) is 0 Å². The van der Waals surface area contributed by atoms with Crippen molar-refractivity contribution in [1.82, 2.24) is 4.72 Å². The molecule has 2 N–H and O–H groups in total. The first-order valence-electron chi connectivity index (χ1n) is 10.7. The van der Waals surface area contributed by atoms with Crippen LogP contribution in [0.5, 0.6) is 5.75 Å². The molecule has 0 bridgehead atoms. The van der Waals surface area contributed by atoms with Crippen molar-refractivity contribution in [2.75, 3.05) is 25.6 Å². The van der Waals surface area contributed by atoms with Crippen molar-refractivity contribution in [3.05, 3.63) is 58.1 Å². The highest BCUT2D eigenvalue weighted by molar-refractivity contribution is 7.90. The molecule has 0 aromatic heterocycles. The lowest BCUT2D eigenvalue weighted by molar-refractivity contribution is -0.385. The molecule has 0 spiro atoms. The molecule has 0 fully saturated rings. The fraction of sp³-hybridized carbons (Fsp3) is 0.318. The summed E-state index contributed by atoms with van der Waals surface area (Å²) in [5.74, 6) is -1.30. The van der Waals surface area contributed by atoms with Crippen molar-refractivity contribution in [1.29, 1.82) is 0 Å². The van der Waals surface area contributed by atoms with Crippen LogP contribution in [-0.4, -0.2) is 51.3 Å². The van der Waals surface area contributed by atoms with Gasteiger partial charge in [0.1, 0.15) is 5.84 Å². The molecule has 13 heteroatoms. The van der Waals surface area contributed by atoms with Gasteiger partial charge >= 0.3 is 11.7 Å². The Morgan fingerprint density at radius 3 is 2.69 bits per heavy atom. The van der Waals surface area contributed by atoms with Crippen LogP contribution in [0.3, 0.4) is 0 Å². The highest BCUT2D eigenvalue weighted by Gasteiger charge is 2.20. The van der Waals surface area contributed by atoms with E-state index >= 15 is 0 Å². The van der Waals surface area contributed by atoms with Gasteiger partial charge < -0.3 is 14.8 Å². The molecule has 0 saturated carbocycles. The molecule has 0 unspecified atom stereocenters. The molecule has 0 aliphatic carbocycles. The lowest BCUT2D eigenvalue weighted by atomic mass is 10.2. The van der Waals surface area contributed by atoms with Crippen LogP contribution in [-0.2, 0) is 19.6 Å². The molecule has 186 valence electrons. The Labute approximate surface area is 201 Å². The van der Waals surface area contributed by atoms with Crippen molar-refractivity contribution in [2.24, 2.45) is 4.99 Å². The minimum Gasteiger partial charge on any atom is -0.490 e. The molecule has 35 heavy (non-hydrogen) atoms. The van der Waals surface area contributed by atoms with Crippen LogP contribution in [0.1, 0.15) is 36.0 Å². The van der Waals surface area contributed by atoms with Crippen LogP contribution in [0.2, 0.25) is 0 Å². The maximum atomic E-state index is 12.7. The second kappa shape index (κ2) is 11.4. The zero-order valence-electron chi connectivity index (χ0n) is 18.9. The quantitative estimate of drug-likeness (QED) is 0.314. The van der Waals surface area contributed by atoms with E-state index in [1.165, 1.54) is 43.5 Å². The third-order valence-corrected chi connectivity index (χ3v) is 6.38. The zero-order chi connectivity index (χ0) is 25.4. The van der Waals surface area contributed by atoms with E-state index in [0.29, 0.717) is 18.8 Å². The second-order valence-corrected chi connectivity index (χ2v) is 9.22. The first-order valence-corrected chi connectivity index (χ1v) is 12.1. The minimum atomic E-state index is -3.90. The predicted octanol–water partition coefficient (Wildman–Crippen LogP) is 2.65. The molecule has 12 nitrogen and oxygen atoms in total. The molecule has 0 saturated heterocycles. The summed E-state index contributed by atoms with van der Waals surface area (Å²) in [5, 5.41) is 13.6. The summed E-state index contributed by atoms with van der Waals surface area (Å²) in [4.78, 5) is 39.0. The standard InChI is InChI=1S/C22H24N4O8S/c1-33-19-10-9-15(12-18(19)26(29)30)22(28)34-14-21(27)24-16-6-5-7-17(13-16)35(31,32)25-20-8-3-2-4-11-23-20/h5-7,9-10,12-13H,2-4,8,11,14H2,1H3,(H,23,25)(H,24,27). The Morgan fingerprint density at radius 2 is 1.94 bits per heavy atom. The zero-order valence-corrected chi connectivity index (χ0v) is 19.7. The highest BCUT2D eigenvalue weighted by atomic mass is 32.2. The maximum Gasteiger partial charge on any atom is 0.338 e. The largest absolute Gasteiger partial charge is 0.490 e. The van der Waals surface area contributed by atoms with Crippen LogP contribution < -0.4 is 14.8 Å². The summed E-state index contributed by atoms with van der Waals surface area (Å²) < 4.78 is 37.7. The Morgan fingerprint density at radius 1 is 1.14 bits per heavy atom. The van der Waals surface area contributed by atoms with E-state index in [1.54, 1.807) is 0 Å². The SMILES string of the molecule is COc1ccc(C(=O)OCC(=O)Nc2cccc(S(=O)(=O)NC3=NCCCCC3)c2)cc1[N+](=O)[O-]. The number of anilines is 1. The summed E-state index contributed by atoms with van der Waals surface area (Å²) in [5.41, 5.74) is -0.379. The number of nitrogens with one attached hydrogen (secondary N) is 2. The van der Waals surface area contributed by atoms with Gasteiger partial charge in [-0.25, -0.2) is 13.2 Å². The van der Waals surface area contributed by atoms with E-state index in [-0.39, 0.29) is 21.9 Å². The first kappa shape index (κ1) is 25.6. The number of hydrogen-bond acceptors (Lipinski definition) is 9. The molecule has 1 aliphatic heterocycles. The average Bonchev–Trinajstić information content (AvgIpc) is 3.10. The third kappa shape index (κ3) is 6.99. The lowest BCUT2D eigenvalue weighted by Crippen LogP contribution is -2.30. The van der Waals surface area contributed by atoms with Gasteiger partial charge in [-0.3, -0.25) is 24.6 Å². The maximum absolute atomic E-state index is 12.7. The summed E-state index contributed by atoms with van der Waals surface area (Å²) >= 11 is 0. The van der Waals surface area contributed by atoms with Gasteiger partial charge in [-0.2, -0.15) is 0 Å². The van der Waals surface area contributed by atoms with Gasteiger partial charge in [-0.05, 0) is 43.2 Å². The van der Waals surface area contributed by atoms with E-state index < -0.39 is 39.1 Å². The van der Waals surface area contributed by atoms with E-state index in [2.05, 4.69) is 15.0 Å². The van der Waals surface area contributed by atoms with Gasteiger partial charge in [0.25, 0.3) is 15.9 Å².